The minimum Gasteiger partial charge on any atom is -0.367 e. The molecule has 1 heterocycles. The Labute approximate surface area is 190 Å². The van der Waals surface area contributed by atoms with Gasteiger partial charge in [0.25, 0.3) is 5.91 Å². The van der Waals surface area contributed by atoms with E-state index in [0.29, 0.717) is 11.3 Å². The van der Waals surface area contributed by atoms with Gasteiger partial charge in [0.05, 0.1) is 23.7 Å². The summed E-state index contributed by atoms with van der Waals surface area (Å²) in [5, 5.41) is 17.0. The number of carbonyl (C=O) groups is 1. The SMILES string of the molecule is CC1=C(C(O)N(C)/N=C/c2ccccc2)N(C)C(c2ccc(C(=O)N(C)C)cc2C)C=N1. The molecule has 32 heavy (non-hydrogen) atoms. The van der Waals surface area contributed by atoms with Crippen LogP contribution in [-0.2, 0) is 0 Å². The molecule has 2 aromatic rings. The van der Waals surface area contributed by atoms with Crippen LogP contribution < -0.4 is 0 Å². The molecule has 1 aliphatic heterocycles. The molecule has 3 rings (SSSR count). The van der Waals surface area contributed by atoms with Gasteiger partial charge in [-0.05, 0) is 42.7 Å². The first-order valence-corrected chi connectivity index (χ1v) is 10.5. The monoisotopic (exact) mass is 433 g/mol. The Morgan fingerprint density at radius 1 is 1.16 bits per heavy atom. The highest BCUT2D eigenvalue weighted by Crippen LogP contribution is 2.32. The van der Waals surface area contributed by atoms with E-state index in [1.54, 1.807) is 32.3 Å². The van der Waals surface area contributed by atoms with Gasteiger partial charge in [-0.3, -0.25) is 14.8 Å². The molecule has 0 aromatic heterocycles. The highest BCUT2D eigenvalue weighted by atomic mass is 16.3. The molecule has 1 aliphatic rings. The molecule has 2 atom stereocenters. The maximum absolute atomic E-state index is 12.3. The molecule has 1 amide bonds. The number of aliphatic imine (C=N–C) groups is 1. The summed E-state index contributed by atoms with van der Waals surface area (Å²) in [6.45, 7) is 3.86. The summed E-state index contributed by atoms with van der Waals surface area (Å²) in [5.74, 6) is -0.0323. The molecule has 7 nitrogen and oxygen atoms in total. The summed E-state index contributed by atoms with van der Waals surface area (Å²) >= 11 is 0. The van der Waals surface area contributed by atoms with Crippen LogP contribution in [0.1, 0.15) is 40.0 Å². The lowest BCUT2D eigenvalue weighted by Gasteiger charge is -2.38. The summed E-state index contributed by atoms with van der Waals surface area (Å²) in [7, 11) is 7.15. The Bertz CT molecular complexity index is 1060. The van der Waals surface area contributed by atoms with E-state index in [4.69, 9.17) is 0 Å². The minimum absolute atomic E-state index is 0.0323. The van der Waals surface area contributed by atoms with Crippen molar-refractivity contribution < 1.29 is 9.90 Å². The Morgan fingerprint density at radius 3 is 2.47 bits per heavy atom. The van der Waals surface area contributed by atoms with Gasteiger partial charge >= 0.3 is 0 Å². The fourth-order valence-corrected chi connectivity index (χ4v) is 3.75. The van der Waals surface area contributed by atoms with Crippen molar-refractivity contribution in [2.75, 3.05) is 28.2 Å². The average Bonchev–Trinajstić information content (AvgIpc) is 2.78. The molecule has 0 radical (unpaired) electrons. The zero-order valence-corrected chi connectivity index (χ0v) is 19.5. The van der Waals surface area contributed by atoms with E-state index < -0.39 is 6.23 Å². The molecule has 2 unspecified atom stereocenters. The molecular formula is C25H31N5O2. The molecule has 1 N–H and O–H groups in total. The van der Waals surface area contributed by atoms with Crippen LogP contribution in [0.3, 0.4) is 0 Å². The standard InChI is InChI=1S/C25H31N5O2/c1-17-14-20(24(31)28(3)4)12-13-21(17)22-16-26-18(2)23(29(22)5)25(32)30(6)27-15-19-10-8-7-9-11-19/h7-16,22,25,32H,1-6H3/b27-15+. The second kappa shape index (κ2) is 9.78. The third-order valence-corrected chi connectivity index (χ3v) is 5.61. The topological polar surface area (TPSA) is 71.7 Å². The third-order valence-electron chi connectivity index (χ3n) is 5.61. The molecule has 0 saturated carbocycles. The maximum Gasteiger partial charge on any atom is 0.253 e. The highest BCUT2D eigenvalue weighted by Gasteiger charge is 2.30. The number of aliphatic hydroxyl groups excluding tert-OH is 1. The number of hydrogen-bond acceptors (Lipinski definition) is 6. The second-order valence-electron chi connectivity index (χ2n) is 8.18. The van der Waals surface area contributed by atoms with Crippen LogP contribution in [0.4, 0.5) is 0 Å². The molecule has 2 aromatic carbocycles. The van der Waals surface area contributed by atoms with E-state index in [0.717, 1.165) is 22.4 Å². The predicted molar refractivity (Wildman–Crippen MR) is 129 cm³/mol. The maximum atomic E-state index is 12.3. The summed E-state index contributed by atoms with van der Waals surface area (Å²) in [4.78, 5) is 20.4. The van der Waals surface area contributed by atoms with Crippen LogP contribution in [0.5, 0.6) is 0 Å². The van der Waals surface area contributed by atoms with Crippen molar-refractivity contribution in [2.24, 2.45) is 10.1 Å². The zero-order valence-electron chi connectivity index (χ0n) is 19.5. The largest absolute Gasteiger partial charge is 0.367 e. The van der Waals surface area contributed by atoms with Crippen molar-refractivity contribution >= 4 is 18.3 Å². The number of aryl methyl sites for hydroxylation is 1. The lowest BCUT2D eigenvalue weighted by Crippen LogP contribution is -2.40. The van der Waals surface area contributed by atoms with Crippen LogP contribution in [0.2, 0.25) is 0 Å². The van der Waals surface area contributed by atoms with E-state index in [1.807, 2.05) is 80.5 Å². The number of likely N-dealkylation sites (N-methyl/N-ethyl adjacent to an activating group) is 2. The number of carbonyl (C=O) groups excluding carboxylic acids is 1. The molecule has 0 saturated heterocycles. The lowest BCUT2D eigenvalue weighted by atomic mass is 9.96. The van der Waals surface area contributed by atoms with Gasteiger partial charge in [0.1, 0.15) is 0 Å². The summed E-state index contributed by atoms with van der Waals surface area (Å²) in [6, 6.07) is 15.3. The van der Waals surface area contributed by atoms with Gasteiger partial charge < -0.3 is 14.9 Å². The van der Waals surface area contributed by atoms with Crippen molar-refractivity contribution in [3.8, 4) is 0 Å². The van der Waals surface area contributed by atoms with Gasteiger partial charge in [0, 0.05) is 40.0 Å². The zero-order chi connectivity index (χ0) is 23.4. The van der Waals surface area contributed by atoms with E-state index in [2.05, 4.69) is 10.1 Å². The Kier molecular flexibility index (Phi) is 7.10. The quantitative estimate of drug-likeness (QED) is 0.431. The van der Waals surface area contributed by atoms with Crippen LogP contribution >= 0.6 is 0 Å². The molecule has 0 fully saturated rings. The van der Waals surface area contributed by atoms with Crippen LogP contribution in [-0.4, -0.2) is 72.7 Å². The van der Waals surface area contributed by atoms with Crippen LogP contribution in [0.25, 0.3) is 0 Å². The first-order valence-electron chi connectivity index (χ1n) is 10.5. The van der Waals surface area contributed by atoms with Gasteiger partial charge in [-0.2, -0.15) is 5.10 Å². The normalized spacial score (nSPS) is 17.1. The van der Waals surface area contributed by atoms with Crippen molar-refractivity contribution in [3.05, 3.63) is 82.2 Å². The van der Waals surface area contributed by atoms with E-state index in [1.165, 1.54) is 5.01 Å². The first-order chi connectivity index (χ1) is 15.2. The van der Waals surface area contributed by atoms with Gasteiger partial charge in [-0.1, -0.05) is 36.4 Å². The second-order valence-corrected chi connectivity index (χ2v) is 8.18. The van der Waals surface area contributed by atoms with E-state index >= 15 is 0 Å². The number of benzene rings is 2. The smallest absolute Gasteiger partial charge is 0.253 e. The third kappa shape index (κ3) is 4.89. The van der Waals surface area contributed by atoms with Gasteiger partial charge in [0.15, 0.2) is 6.23 Å². The number of nitrogens with zero attached hydrogens (tertiary/aromatic N) is 5. The van der Waals surface area contributed by atoms with Crippen molar-refractivity contribution in [1.29, 1.82) is 0 Å². The Hall–Kier alpha value is -3.45. The Balaban J connectivity index is 1.83. The van der Waals surface area contributed by atoms with Crippen LogP contribution in [0, 0.1) is 6.92 Å². The minimum atomic E-state index is -0.963. The fraction of sp³-hybridized carbons (Fsp3) is 0.320. The van der Waals surface area contributed by atoms with Crippen LogP contribution in [0.15, 0.2) is 70.0 Å². The predicted octanol–water partition coefficient (Wildman–Crippen LogP) is 3.27. The molecular weight excluding hydrogens is 402 g/mol. The van der Waals surface area contributed by atoms with Crippen molar-refractivity contribution in [2.45, 2.75) is 26.1 Å². The van der Waals surface area contributed by atoms with E-state index in [-0.39, 0.29) is 11.9 Å². The molecule has 7 heteroatoms. The molecule has 0 spiro atoms. The average molecular weight is 434 g/mol. The number of aliphatic hydroxyl groups is 1. The van der Waals surface area contributed by atoms with Crippen molar-refractivity contribution in [1.82, 2.24) is 14.8 Å². The molecule has 0 aliphatic carbocycles. The summed E-state index contributed by atoms with van der Waals surface area (Å²) < 4.78 is 0. The summed E-state index contributed by atoms with van der Waals surface area (Å²) in [5.41, 5.74) is 5.03. The van der Waals surface area contributed by atoms with Gasteiger partial charge in [0.2, 0.25) is 0 Å². The number of amides is 1. The fourth-order valence-electron chi connectivity index (χ4n) is 3.75. The number of allylic oxidation sites excluding steroid dienone is 1. The highest BCUT2D eigenvalue weighted by molar-refractivity contribution is 5.94. The molecule has 168 valence electrons. The number of hydrogen-bond donors (Lipinski definition) is 1. The number of rotatable bonds is 6. The lowest BCUT2D eigenvalue weighted by molar-refractivity contribution is 0.0299. The Morgan fingerprint density at radius 2 is 1.84 bits per heavy atom. The number of hydrazone groups is 1. The summed E-state index contributed by atoms with van der Waals surface area (Å²) in [6.07, 6.45) is 2.62. The van der Waals surface area contributed by atoms with E-state index in [9.17, 15) is 9.90 Å². The molecule has 0 bridgehead atoms. The van der Waals surface area contributed by atoms with Crippen molar-refractivity contribution in [3.63, 3.8) is 0 Å². The first kappa shape index (κ1) is 23.2. The van der Waals surface area contributed by atoms with Gasteiger partial charge in [-0.25, -0.2) is 0 Å². The van der Waals surface area contributed by atoms with Gasteiger partial charge in [-0.15, -0.1) is 0 Å².